The van der Waals surface area contributed by atoms with Crippen molar-refractivity contribution in [3.63, 3.8) is 0 Å². The summed E-state index contributed by atoms with van der Waals surface area (Å²) in [5.41, 5.74) is 0.0941. The second kappa shape index (κ2) is 6.65. The van der Waals surface area contributed by atoms with Gasteiger partial charge >= 0.3 is 0 Å². The van der Waals surface area contributed by atoms with Crippen LogP contribution in [0.25, 0.3) is 0 Å². The monoisotopic (exact) mass is 356 g/mol. The van der Waals surface area contributed by atoms with Gasteiger partial charge in [0, 0.05) is 19.2 Å². The number of sulfonamides is 1. The van der Waals surface area contributed by atoms with Crippen molar-refractivity contribution in [2.45, 2.75) is 4.90 Å². The Balaban J connectivity index is 1.77. The molecule has 2 aromatic rings. The number of benzene rings is 1. The van der Waals surface area contributed by atoms with Crippen LogP contribution in [0.4, 0.5) is 20.4 Å². The van der Waals surface area contributed by atoms with Crippen molar-refractivity contribution in [2.24, 2.45) is 0 Å². The van der Waals surface area contributed by atoms with Crippen molar-refractivity contribution in [2.75, 3.05) is 35.9 Å². The molecule has 128 valence electrons. The Morgan fingerprint density at radius 2 is 1.62 bits per heavy atom. The Morgan fingerprint density at radius 3 is 2.21 bits per heavy atom. The van der Waals surface area contributed by atoms with E-state index in [4.69, 9.17) is 4.74 Å². The van der Waals surface area contributed by atoms with Crippen molar-refractivity contribution in [1.82, 2.24) is 9.97 Å². The quantitative estimate of drug-likeness (QED) is 0.891. The molecule has 0 saturated carbocycles. The number of halogens is 2. The summed E-state index contributed by atoms with van der Waals surface area (Å²) >= 11 is 0. The smallest absolute Gasteiger partial charge is 0.262 e. The van der Waals surface area contributed by atoms with Crippen molar-refractivity contribution in [3.8, 4) is 0 Å². The maximum Gasteiger partial charge on any atom is 0.262 e. The van der Waals surface area contributed by atoms with Crippen molar-refractivity contribution in [1.29, 1.82) is 0 Å². The highest BCUT2D eigenvalue weighted by molar-refractivity contribution is 7.92. The molecule has 0 amide bonds. The zero-order chi connectivity index (χ0) is 17.2. The predicted molar refractivity (Wildman–Crippen MR) is 82.2 cm³/mol. The highest BCUT2D eigenvalue weighted by Gasteiger charge is 2.18. The molecule has 1 aromatic heterocycles. The standard InChI is InChI=1S/C14H14F2N4O3S/c15-10-5-11(16)7-13(6-10)24(21,22)19-12-8-17-14(18-9-12)20-1-3-23-4-2-20/h5-9,19H,1-4H2. The summed E-state index contributed by atoms with van der Waals surface area (Å²) in [5.74, 6) is -1.50. The van der Waals surface area contributed by atoms with E-state index >= 15 is 0 Å². The van der Waals surface area contributed by atoms with E-state index in [0.717, 1.165) is 12.1 Å². The van der Waals surface area contributed by atoms with E-state index in [2.05, 4.69) is 14.7 Å². The molecule has 0 unspecified atom stereocenters. The van der Waals surface area contributed by atoms with Crippen LogP contribution in [0.5, 0.6) is 0 Å². The average molecular weight is 356 g/mol. The summed E-state index contributed by atoms with van der Waals surface area (Å²) in [4.78, 5) is 9.59. The summed E-state index contributed by atoms with van der Waals surface area (Å²) in [7, 11) is -4.14. The third kappa shape index (κ3) is 3.77. The number of hydrogen-bond donors (Lipinski definition) is 1. The minimum Gasteiger partial charge on any atom is -0.378 e. The number of morpholine rings is 1. The van der Waals surface area contributed by atoms with Crippen LogP contribution in [0, 0.1) is 11.6 Å². The van der Waals surface area contributed by atoms with Gasteiger partial charge in [0.25, 0.3) is 10.0 Å². The molecule has 10 heteroatoms. The Labute approximate surface area is 137 Å². The van der Waals surface area contributed by atoms with Gasteiger partial charge in [-0.15, -0.1) is 0 Å². The minimum atomic E-state index is -4.14. The first-order valence-corrected chi connectivity index (χ1v) is 8.56. The van der Waals surface area contributed by atoms with Gasteiger partial charge in [-0.1, -0.05) is 0 Å². The van der Waals surface area contributed by atoms with Crippen LogP contribution in [0.1, 0.15) is 0 Å². The van der Waals surface area contributed by atoms with Gasteiger partial charge in [-0.3, -0.25) is 4.72 Å². The maximum atomic E-state index is 13.2. The maximum absolute atomic E-state index is 13.2. The molecular weight excluding hydrogens is 342 g/mol. The van der Waals surface area contributed by atoms with Gasteiger partial charge in [0.2, 0.25) is 5.95 Å². The molecular formula is C14H14F2N4O3S. The lowest BCUT2D eigenvalue weighted by Gasteiger charge is -2.26. The van der Waals surface area contributed by atoms with E-state index in [1.807, 2.05) is 4.90 Å². The number of rotatable bonds is 4. The lowest BCUT2D eigenvalue weighted by molar-refractivity contribution is 0.122. The van der Waals surface area contributed by atoms with Crippen LogP contribution in [0.3, 0.4) is 0 Å². The molecule has 1 saturated heterocycles. The molecule has 0 bridgehead atoms. The van der Waals surface area contributed by atoms with Crippen molar-refractivity contribution >= 4 is 21.7 Å². The molecule has 3 rings (SSSR count). The van der Waals surface area contributed by atoms with Gasteiger partial charge in [-0.2, -0.15) is 0 Å². The van der Waals surface area contributed by atoms with Crippen LogP contribution in [0.15, 0.2) is 35.5 Å². The van der Waals surface area contributed by atoms with E-state index in [1.54, 1.807) is 0 Å². The molecule has 2 heterocycles. The molecule has 7 nitrogen and oxygen atoms in total. The number of ether oxygens (including phenoxy) is 1. The average Bonchev–Trinajstić information content (AvgIpc) is 2.55. The van der Waals surface area contributed by atoms with Crippen LogP contribution >= 0.6 is 0 Å². The van der Waals surface area contributed by atoms with E-state index in [9.17, 15) is 17.2 Å². The van der Waals surface area contributed by atoms with Gasteiger partial charge in [-0.05, 0) is 12.1 Å². The van der Waals surface area contributed by atoms with Gasteiger partial charge < -0.3 is 9.64 Å². The molecule has 1 aliphatic heterocycles. The van der Waals surface area contributed by atoms with E-state index in [-0.39, 0.29) is 5.69 Å². The second-order valence-corrected chi connectivity index (χ2v) is 6.76. The zero-order valence-electron chi connectivity index (χ0n) is 12.4. The molecule has 0 spiro atoms. The fraction of sp³-hybridized carbons (Fsp3) is 0.286. The number of hydrogen-bond acceptors (Lipinski definition) is 6. The van der Waals surface area contributed by atoms with Crippen LogP contribution < -0.4 is 9.62 Å². The Bertz CT molecular complexity index is 804. The first kappa shape index (κ1) is 16.5. The molecule has 0 radical (unpaired) electrons. The Morgan fingerprint density at radius 1 is 1.04 bits per heavy atom. The molecule has 1 aliphatic rings. The van der Waals surface area contributed by atoms with Crippen LogP contribution in [-0.2, 0) is 14.8 Å². The molecule has 1 fully saturated rings. The largest absolute Gasteiger partial charge is 0.378 e. The third-order valence-corrected chi connectivity index (χ3v) is 4.69. The van der Waals surface area contributed by atoms with Crippen molar-refractivity contribution in [3.05, 3.63) is 42.2 Å². The van der Waals surface area contributed by atoms with Gasteiger partial charge in [0.05, 0.1) is 36.2 Å². The van der Waals surface area contributed by atoms with E-state index < -0.39 is 26.6 Å². The van der Waals surface area contributed by atoms with Gasteiger partial charge in [-0.25, -0.2) is 27.2 Å². The summed E-state index contributed by atoms with van der Waals surface area (Å²) in [6.45, 7) is 2.44. The lowest BCUT2D eigenvalue weighted by atomic mass is 10.3. The fourth-order valence-electron chi connectivity index (χ4n) is 2.20. The third-order valence-electron chi connectivity index (χ3n) is 3.33. The van der Waals surface area contributed by atoms with E-state index in [0.29, 0.717) is 38.3 Å². The normalized spacial score (nSPS) is 15.3. The van der Waals surface area contributed by atoms with Gasteiger partial charge in [0.15, 0.2) is 0 Å². The Kier molecular flexibility index (Phi) is 4.58. The zero-order valence-corrected chi connectivity index (χ0v) is 13.3. The summed E-state index contributed by atoms with van der Waals surface area (Å²) in [6, 6.07) is 2.06. The fourth-order valence-corrected chi connectivity index (χ4v) is 3.27. The highest BCUT2D eigenvalue weighted by Crippen LogP contribution is 2.18. The second-order valence-electron chi connectivity index (χ2n) is 5.08. The van der Waals surface area contributed by atoms with Crippen LogP contribution in [0.2, 0.25) is 0 Å². The Hall–Kier alpha value is -2.33. The number of nitrogens with one attached hydrogen (secondary N) is 1. The van der Waals surface area contributed by atoms with Crippen molar-refractivity contribution < 1.29 is 21.9 Å². The first-order valence-electron chi connectivity index (χ1n) is 7.08. The topological polar surface area (TPSA) is 84.4 Å². The van der Waals surface area contributed by atoms with E-state index in [1.165, 1.54) is 12.4 Å². The molecule has 0 aliphatic carbocycles. The first-order chi connectivity index (χ1) is 11.4. The summed E-state index contributed by atoms with van der Waals surface area (Å²) in [6.07, 6.45) is 2.59. The minimum absolute atomic E-state index is 0.0941. The number of nitrogens with zero attached hydrogens (tertiary/aromatic N) is 3. The number of anilines is 2. The van der Waals surface area contributed by atoms with Crippen LogP contribution in [-0.4, -0.2) is 44.7 Å². The molecule has 1 aromatic carbocycles. The number of aromatic nitrogens is 2. The summed E-state index contributed by atoms with van der Waals surface area (Å²) < 4.78 is 58.1. The summed E-state index contributed by atoms with van der Waals surface area (Å²) in [5, 5.41) is 0. The molecule has 0 atom stereocenters. The molecule has 24 heavy (non-hydrogen) atoms. The lowest BCUT2D eigenvalue weighted by Crippen LogP contribution is -2.37. The molecule has 1 N–H and O–H groups in total. The van der Waals surface area contributed by atoms with Gasteiger partial charge in [0.1, 0.15) is 11.6 Å². The highest BCUT2D eigenvalue weighted by atomic mass is 32.2. The SMILES string of the molecule is O=S(=O)(Nc1cnc(N2CCOCC2)nc1)c1cc(F)cc(F)c1. The predicted octanol–water partition coefficient (Wildman–Crippen LogP) is 1.39.